The molecule has 3 nitrogen and oxygen atoms in total. The molecule has 0 saturated carbocycles. The van der Waals surface area contributed by atoms with Crippen LogP contribution in [0.3, 0.4) is 0 Å². The van der Waals surface area contributed by atoms with E-state index in [4.69, 9.17) is 10.2 Å². The van der Waals surface area contributed by atoms with Crippen molar-refractivity contribution in [3.05, 3.63) is 70.8 Å². The predicted molar refractivity (Wildman–Crippen MR) is 113 cm³/mol. The minimum atomic E-state index is 0.792. The number of nitrogens with two attached hydrogens (primary N) is 1. The highest BCUT2D eigenvalue weighted by Gasteiger charge is 2.20. The van der Waals surface area contributed by atoms with Gasteiger partial charge in [0.25, 0.3) is 0 Å². The van der Waals surface area contributed by atoms with Crippen molar-refractivity contribution in [2.75, 3.05) is 18.8 Å². The lowest BCUT2D eigenvalue weighted by atomic mass is 9.90. The van der Waals surface area contributed by atoms with Crippen LogP contribution in [0, 0.1) is 0 Å². The van der Waals surface area contributed by atoms with Crippen LogP contribution in [0.4, 0.5) is 5.69 Å². The number of anilines is 1. The fourth-order valence-electron chi connectivity index (χ4n) is 3.92. The molecule has 0 unspecified atom stereocenters. The van der Waals surface area contributed by atoms with Gasteiger partial charge in [-0.2, -0.15) is 0 Å². The molecular formula is C24H27N2O+. The number of rotatable bonds is 3. The van der Waals surface area contributed by atoms with E-state index in [1.165, 1.54) is 27.6 Å². The zero-order chi connectivity index (χ0) is 18.8. The van der Waals surface area contributed by atoms with Gasteiger partial charge in [0.15, 0.2) is 0 Å². The van der Waals surface area contributed by atoms with E-state index in [0.717, 1.165) is 49.6 Å². The maximum Gasteiger partial charge on any atom is 0.203 e. The van der Waals surface area contributed by atoms with E-state index in [1.54, 1.807) is 0 Å². The third-order valence-electron chi connectivity index (χ3n) is 5.42. The molecule has 0 aromatic heterocycles. The summed E-state index contributed by atoms with van der Waals surface area (Å²) in [5.74, 6) is 2.01. The summed E-state index contributed by atoms with van der Waals surface area (Å²) in [5.41, 5.74) is 11.5. The molecule has 0 bridgehead atoms. The molecule has 1 heterocycles. The molecule has 0 saturated heterocycles. The Morgan fingerprint density at radius 3 is 2.52 bits per heavy atom. The molecule has 27 heavy (non-hydrogen) atoms. The lowest BCUT2D eigenvalue weighted by Crippen LogP contribution is -2.29. The van der Waals surface area contributed by atoms with Gasteiger partial charge in [0.2, 0.25) is 5.36 Å². The number of nitrogens with zero attached hydrogens (tertiary/aromatic N) is 1. The molecule has 0 atom stereocenters. The largest absolute Gasteiger partial charge is 0.456 e. The van der Waals surface area contributed by atoms with E-state index in [0.29, 0.717) is 0 Å². The lowest BCUT2D eigenvalue weighted by molar-refractivity contribution is 0.525. The number of allylic oxidation sites excluding steroid dienone is 1. The fourth-order valence-corrected chi connectivity index (χ4v) is 3.92. The first kappa shape index (κ1) is 17.6. The molecule has 1 aliphatic heterocycles. The molecule has 1 aromatic carbocycles. The number of hydrogen-bond acceptors (Lipinski definition) is 2. The Morgan fingerprint density at radius 1 is 1.00 bits per heavy atom. The van der Waals surface area contributed by atoms with Crippen LogP contribution in [-0.2, 0) is 6.42 Å². The first-order chi connectivity index (χ1) is 13.2. The van der Waals surface area contributed by atoms with Crippen LogP contribution in [-0.4, -0.2) is 13.1 Å². The van der Waals surface area contributed by atoms with Crippen molar-refractivity contribution in [2.45, 2.75) is 33.1 Å². The Hall–Kier alpha value is -2.81. The summed E-state index contributed by atoms with van der Waals surface area (Å²) in [6.45, 7) is 6.36. The SMILES string of the molecule is CC[N+](CC)=c1ccc2cc3c(oc-2c1)/C(=C\c1ccc(N)cc1)CCC3. The molecule has 2 N–H and O–H groups in total. The van der Waals surface area contributed by atoms with Gasteiger partial charge in [-0.3, -0.25) is 0 Å². The second kappa shape index (κ2) is 7.43. The second-order valence-corrected chi connectivity index (χ2v) is 7.18. The monoisotopic (exact) mass is 359 g/mol. The number of nitrogen functional groups attached to an aromatic ring is 1. The summed E-state index contributed by atoms with van der Waals surface area (Å²) in [6.07, 6.45) is 5.52. The molecule has 3 aliphatic rings. The lowest BCUT2D eigenvalue weighted by Gasteiger charge is -2.20. The molecule has 0 spiro atoms. The fraction of sp³-hybridized carbons (Fsp3) is 0.292. The summed E-state index contributed by atoms with van der Waals surface area (Å²) in [5, 5.41) is 1.22. The molecule has 3 heteroatoms. The van der Waals surface area contributed by atoms with Crippen LogP contribution >= 0.6 is 0 Å². The zero-order valence-corrected chi connectivity index (χ0v) is 16.2. The molecule has 1 aromatic rings. The van der Waals surface area contributed by atoms with Crippen LogP contribution in [0.25, 0.3) is 23.0 Å². The standard InChI is InChI=1S/C24H26N2O/c1-3-26(4-2)22-13-10-18-15-20-7-5-6-19(24(20)27-23(18)16-22)14-17-8-11-21(25)12-9-17/h8-16,25H,3-7H2,1-2H3/p+1. The van der Waals surface area contributed by atoms with Gasteiger partial charge < -0.3 is 10.2 Å². The van der Waals surface area contributed by atoms with Gasteiger partial charge in [-0.15, -0.1) is 0 Å². The van der Waals surface area contributed by atoms with Gasteiger partial charge >= 0.3 is 0 Å². The first-order valence-electron chi connectivity index (χ1n) is 9.89. The van der Waals surface area contributed by atoms with Crippen molar-refractivity contribution in [3.8, 4) is 11.3 Å². The van der Waals surface area contributed by atoms with Crippen molar-refractivity contribution in [2.24, 2.45) is 0 Å². The van der Waals surface area contributed by atoms with Gasteiger partial charge in [0, 0.05) is 17.3 Å². The van der Waals surface area contributed by atoms with Gasteiger partial charge in [-0.05, 0) is 80.2 Å². The van der Waals surface area contributed by atoms with E-state index in [-0.39, 0.29) is 0 Å². The van der Waals surface area contributed by atoms with Gasteiger partial charge in [-0.1, -0.05) is 12.1 Å². The summed E-state index contributed by atoms with van der Waals surface area (Å²) in [4.78, 5) is 0. The van der Waals surface area contributed by atoms with Crippen LogP contribution in [0.1, 0.15) is 43.6 Å². The Labute approximate surface area is 160 Å². The third-order valence-corrected chi connectivity index (χ3v) is 5.42. The Balaban J connectivity index is 1.85. The van der Waals surface area contributed by atoms with Crippen LogP contribution < -0.4 is 15.7 Å². The highest BCUT2D eigenvalue weighted by molar-refractivity contribution is 5.82. The van der Waals surface area contributed by atoms with Gasteiger partial charge in [-0.25, -0.2) is 4.58 Å². The van der Waals surface area contributed by atoms with Crippen LogP contribution in [0.15, 0.2) is 52.9 Å². The van der Waals surface area contributed by atoms with Crippen molar-refractivity contribution in [3.63, 3.8) is 0 Å². The average Bonchev–Trinajstić information content (AvgIpc) is 2.69. The van der Waals surface area contributed by atoms with Crippen LogP contribution in [0.2, 0.25) is 0 Å². The third kappa shape index (κ3) is 3.55. The zero-order valence-electron chi connectivity index (χ0n) is 16.2. The predicted octanol–water partition coefficient (Wildman–Crippen LogP) is 4.66. The number of benzene rings is 2. The maximum atomic E-state index is 6.45. The highest BCUT2D eigenvalue weighted by Crippen LogP contribution is 2.36. The highest BCUT2D eigenvalue weighted by atomic mass is 16.3. The van der Waals surface area contributed by atoms with Crippen molar-refractivity contribution in [1.29, 1.82) is 0 Å². The minimum absolute atomic E-state index is 0.792. The topological polar surface area (TPSA) is 42.2 Å². The van der Waals surface area contributed by atoms with Crippen molar-refractivity contribution >= 4 is 17.3 Å². The van der Waals surface area contributed by atoms with Crippen molar-refractivity contribution in [1.82, 2.24) is 4.58 Å². The Kier molecular flexibility index (Phi) is 4.85. The number of aryl methyl sites for hydroxylation is 1. The number of hydrogen-bond donors (Lipinski definition) is 1. The quantitative estimate of drug-likeness (QED) is 0.546. The summed E-state index contributed by atoms with van der Waals surface area (Å²) in [7, 11) is 0. The van der Waals surface area contributed by atoms with E-state index < -0.39 is 0 Å². The Bertz CT molecular complexity index is 1020. The maximum absolute atomic E-state index is 6.45. The van der Waals surface area contributed by atoms with E-state index in [2.05, 4.69) is 60.9 Å². The minimum Gasteiger partial charge on any atom is -0.456 e. The van der Waals surface area contributed by atoms with Gasteiger partial charge in [0.05, 0.1) is 6.07 Å². The summed E-state index contributed by atoms with van der Waals surface area (Å²) in [6, 6.07) is 16.9. The smallest absolute Gasteiger partial charge is 0.203 e. The van der Waals surface area contributed by atoms with Crippen molar-refractivity contribution < 1.29 is 4.42 Å². The summed E-state index contributed by atoms with van der Waals surface area (Å²) < 4.78 is 8.80. The summed E-state index contributed by atoms with van der Waals surface area (Å²) >= 11 is 0. The molecule has 0 radical (unpaired) electrons. The van der Waals surface area contributed by atoms with Crippen LogP contribution in [0.5, 0.6) is 0 Å². The molecule has 0 fully saturated rings. The molecule has 138 valence electrons. The van der Waals surface area contributed by atoms with Gasteiger partial charge in [0.1, 0.15) is 24.6 Å². The first-order valence-corrected chi connectivity index (χ1v) is 9.89. The van der Waals surface area contributed by atoms with E-state index >= 15 is 0 Å². The molecular weight excluding hydrogens is 332 g/mol. The van der Waals surface area contributed by atoms with E-state index in [9.17, 15) is 0 Å². The normalized spacial score (nSPS) is 15.1. The number of fused-ring (bicyclic) bond motifs is 2. The molecule has 4 rings (SSSR count). The molecule has 2 aliphatic carbocycles. The second-order valence-electron chi connectivity index (χ2n) is 7.18. The van der Waals surface area contributed by atoms with E-state index in [1.807, 2.05) is 12.1 Å². The molecule has 0 amide bonds. The Morgan fingerprint density at radius 2 is 1.78 bits per heavy atom. The average molecular weight is 359 g/mol.